The van der Waals surface area contributed by atoms with Gasteiger partial charge in [-0.05, 0) is 55.2 Å². The zero-order valence-corrected chi connectivity index (χ0v) is 21.1. The Labute approximate surface area is 219 Å². The largest absolute Gasteiger partial charge is 0.383 e. The fraction of sp³-hybridized carbons (Fsp3) is 0.250. The predicted octanol–water partition coefficient (Wildman–Crippen LogP) is 4.89. The number of nitrogen functional groups attached to an aromatic ring is 1. The molecule has 2 aromatic heterocycles. The van der Waals surface area contributed by atoms with Crippen LogP contribution in [-0.2, 0) is 11.2 Å². The predicted molar refractivity (Wildman–Crippen MR) is 144 cm³/mol. The molecule has 0 unspecified atom stereocenters. The van der Waals surface area contributed by atoms with E-state index >= 15 is 0 Å². The van der Waals surface area contributed by atoms with Gasteiger partial charge in [0.1, 0.15) is 17.8 Å². The van der Waals surface area contributed by atoms with Crippen LogP contribution in [0.2, 0.25) is 5.02 Å². The van der Waals surface area contributed by atoms with Crippen molar-refractivity contribution in [1.29, 1.82) is 0 Å². The van der Waals surface area contributed by atoms with E-state index in [9.17, 15) is 9.59 Å². The maximum atomic E-state index is 12.5. The van der Waals surface area contributed by atoms with Gasteiger partial charge in [-0.2, -0.15) is 5.10 Å². The minimum atomic E-state index is -0.0827. The molecule has 1 amide bonds. The highest BCUT2D eigenvalue weighted by Crippen LogP contribution is 2.34. The van der Waals surface area contributed by atoms with Crippen LogP contribution in [-0.4, -0.2) is 49.4 Å². The number of rotatable bonds is 7. The van der Waals surface area contributed by atoms with Gasteiger partial charge in [0.2, 0.25) is 5.91 Å². The molecular weight excluding hydrogens is 488 g/mol. The van der Waals surface area contributed by atoms with Gasteiger partial charge >= 0.3 is 0 Å². The monoisotopic (exact) mass is 514 g/mol. The molecule has 0 saturated carbocycles. The summed E-state index contributed by atoms with van der Waals surface area (Å²) in [6, 6.07) is 14.9. The van der Waals surface area contributed by atoms with Gasteiger partial charge < -0.3 is 10.6 Å². The van der Waals surface area contributed by atoms with Gasteiger partial charge in [-0.1, -0.05) is 42.4 Å². The van der Waals surface area contributed by atoms with E-state index in [-0.39, 0.29) is 17.7 Å². The Morgan fingerprint density at radius 3 is 2.59 bits per heavy atom. The van der Waals surface area contributed by atoms with Crippen LogP contribution in [0.3, 0.4) is 0 Å². The van der Waals surface area contributed by atoms with Crippen molar-refractivity contribution in [2.24, 2.45) is 0 Å². The second-order valence-corrected chi connectivity index (χ2v) is 9.60. The smallest absolute Gasteiger partial charge is 0.246 e. The number of Topliss-reactive ketones (excluding diaryl/α,β-unsaturated/α-hetero) is 1. The molecule has 5 rings (SSSR count). The number of benzene rings is 2. The third-order valence-corrected chi connectivity index (χ3v) is 7.03. The number of amides is 1. The quantitative estimate of drug-likeness (QED) is 0.278. The lowest BCUT2D eigenvalue weighted by Crippen LogP contribution is -2.40. The first kappa shape index (κ1) is 24.6. The van der Waals surface area contributed by atoms with Crippen LogP contribution in [0.25, 0.3) is 22.3 Å². The number of anilines is 1. The van der Waals surface area contributed by atoms with E-state index in [0.29, 0.717) is 59.1 Å². The van der Waals surface area contributed by atoms with Crippen molar-refractivity contribution >= 4 is 40.1 Å². The summed E-state index contributed by atoms with van der Waals surface area (Å²) < 4.78 is 1.88. The van der Waals surface area contributed by atoms with E-state index in [2.05, 4.69) is 16.5 Å². The standard InChI is InChI=1S/C28H27ClN6O2/c1-2-24(37)34-15-3-4-22(16-34)35-28-25(27(30)31-17-32-28)26(33-35)20-8-5-18(6-9-20)7-14-23(36)19-10-12-21(29)13-11-19/h2,5-6,8-13,17,22H,1,3-4,7,14-16H2,(H2,30,31,32)/t22-/m1/s1. The van der Waals surface area contributed by atoms with Crippen LogP contribution in [0.5, 0.6) is 0 Å². The lowest BCUT2D eigenvalue weighted by molar-refractivity contribution is -0.127. The number of aryl methyl sites for hydroxylation is 1. The number of fused-ring (bicyclic) bond motifs is 1. The fourth-order valence-electron chi connectivity index (χ4n) is 4.80. The van der Waals surface area contributed by atoms with Gasteiger partial charge in [0.05, 0.1) is 11.4 Å². The van der Waals surface area contributed by atoms with E-state index in [1.54, 1.807) is 29.2 Å². The number of nitrogens with two attached hydrogens (primary N) is 1. The second-order valence-electron chi connectivity index (χ2n) is 9.16. The molecule has 1 saturated heterocycles. The zero-order chi connectivity index (χ0) is 25.9. The number of likely N-dealkylation sites (tertiary alicyclic amines) is 1. The van der Waals surface area contributed by atoms with Gasteiger partial charge in [-0.25, -0.2) is 14.6 Å². The van der Waals surface area contributed by atoms with Gasteiger partial charge in [-0.15, -0.1) is 0 Å². The number of hydrogen-bond acceptors (Lipinski definition) is 6. The summed E-state index contributed by atoms with van der Waals surface area (Å²) in [5.41, 5.74) is 10.2. The average Bonchev–Trinajstić information content (AvgIpc) is 3.33. The minimum absolute atomic E-state index is 0.0265. The number of carbonyl (C=O) groups is 2. The van der Waals surface area contributed by atoms with E-state index in [4.69, 9.17) is 22.4 Å². The number of hydrogen-bond donors (Lipinski definition) is 1. The third-order valence-electron chi connectivity index (χ3n) is 6.78. The maximum absolute atomic E-state index is 12.5. The number of carbonyl (C=O) groups excluding carboxylic acids is 2. The average molecular weight is 515 g/mol. The molecular formula is C28H27ClN6O2. The van der Waals surface area contributed by atoms with Gasteiger partial charge in [0.15, 0.2) is 11.4 Å². The molecule has 0 bridgehead atoms. The molecule has 8 nitrogen and oxygen atoms in total. The van der Waals surface area contributed by atoms with Crippen LogP contribution < -0.4 is 5.73 Å². The van der Waals surface area contributed by atoms with Gasteiger partial charge in [-0.3, -0.25) is 9.59 Å². The van der Waals surface area contributed by atoms with Crippen LogP contribution in [0.1, 0.15) is 41.2 Å². The Hall–Kier alpha value is -4.04. The SMILES string of the molecule is C=CC(=O)N1CCC[C@@H](n2nc(-c3ccc(CCC(=O)c4ccc(Cl)cc4)cc3)c3c(N)ncnc32)C1. The second kappa shape index (κ2) is 10.5. The van der Waals surface area contributed by atoms with E-state index in [1.165, 1.54) is 12.4 Å². The lowest BCUT2D eigenvalue weighted by Gasteiger charge is -2.32. The Morgan fingerprint density at radius 1 is 1.11 bits per heavy atom. The minimum Gasteiger partial charge on any atom is -0.383 e. The Morgan fingerprint density at radius 2 is 1.86 bits per heavy atom. The Bertz CT molecular complexity index is 1460. The molecule has 4 aromatic rings. The molecule has 1 aliphatic heterocycles. The molecule has 3 heterocycles. The van der Waals surface area contributed by atoms with Crippen LogP contribution in [0.15, 0.2) is 67.5 Å². The fourth-order valence-corrected chi connectivity index (χ4v) is 4.93. The van der Waals surface area contributed by atoms with Crippen molar-refractivity contribution in [3.05, 3.63) is 83.7 Å². The van der Waals surface area contributed by atoms with Crippen LogP contribution in [0, 0.1) is 0 Å². The van der Waals surface area contributed by atoms with Crippen molar-refractivity contribution in [1.82, 2.24) is 24.6 Å². The van der Waals surface area contributed by atoms with E-state index in [1.807, 2.05) is 28.9 Å². The molecule has 1 atom stereocenters. The summed E-state index contributed by atoms with van der Waals surface area (Å²) in [4.78, 5) is 35.2. The number of nitrogens with zero attached hydrogens (tertiary/aromatic N) is 5. The van der Waals surface area contributed by atoms with E-state index < -0.39 is 0 Å². The van der Waals surface area contributed by atoms with Crippen molar-refractivity contribution < 1.29 is 9.59 Å². The van der Waals surface area contributed by atoms with Crippen LogP contribution >= 0.6 is 11.6 Å². The molecule has 2 N–H and O–H groups in total. The van der Waals surface area contributed by atoms with Crippen molar-refractivity contribution in [2.75, 3.05) is 18.8 Å². The summed E-state index contributed by atoms with van der Waals surface area (Å²) >= 11 is 5.92. The lowest BCUT2D eigenvalue weighted by atomic mass is 10.0. The first-order valence-electron chi connectivity index (χ1n) is 12.2. The molecule has 37 heavy (non-hydrogen) atoms. The topological polar surface area (TPSA) is 107 Å². The molecule has 2 aromatic carbocycles. The number of aromatic nitrogens is 4. The first-order chi connectivity index (χ1) is 17.9. The molecule has 0 spiro atoms. The molecule has 1 aliphatic rings. The molecule has 9 heteroatoms. The summed E-state index contributed by atoms with van der Waals surface area (Å²) in [5, 5.41) is 6.22. The maximum Gasteiger partial charge on any atom is 0.246 e. The summed E-state index contributed by atoms with van der Waals surface area (Å²) in [7, 11) is 0. The summed E-state index contributed by atoms with van der Waals surface area (Å²) in [5.74, 6) is 0.353. The highest BCUT2D eigenvalue weighted by molar-refractivity contribution is 6.30. The molecule has 1 fully saturated rings. The molecule has 0 radical (unpaired) electrons. The zero-order valence-electron chi connectivity index (χ0n) is 20.3. The molecule has 188 valence electrons. The van der Waals surface area contributed by atoms with Gasteiger partial charge in [0, 0.05) is 35.7 Å². The normalized spacial score (nSPS) is 15.6. The number of halogens is 1. The molecule has 0 aliphatic carbocycles. The summed E-state index contributed by atoms with van der Waals surface area (Å²) in [6.07, 6.45) is 5.56. The van der Waals surface area contributed by atoms with E-state index in [0.717, 1.165) is 24.0 Å². The number of piperidine rings is 1. The number of ketones is 1. The first-order valence-corrected chi connectivity index (χ1v) is 12.6. The van der Waals surface area contributed by atoms with Crippen molar-refractivity contribution in [2.45, 2.75) is 31.7 Å². The van der Waals surface area contributed by atoms with Crippen molar-refractivity contribution in [3.63, 3.8) is 0 Å². The summed E-state index contributed by atoms with van der Waals surface area (Å²) in [6.45, 7) is 4.85. The van der Waals surface area contributed by atoms with Gasteiger partial charge in [0.25, 0.3) is 0 Å². The highest BCUT2D eigenvalue weighted by atomic mass is 35.5. The Balaban J connectivity index is 1.39. The highest BCUT2D eigenvalue weighted by Gasteiger charge is 2.28. The Kier molecular flexibility index (Phi) is 7.01. The van der Waals surface area contributed by atoms with Crippen molar-refractivity contribution in [3.8, 4) is 11.3 Å². The van der Waals surface area contributed by atoms with Crippen LogP contribution in [0.4, 0.5) is 5.82 Å². The third kappa shape index (κ3) is 5.11.